The molecular formula is C21H15Cl4NO3. The maximum absolute atomic E-state index is 11.3. The van der Waals surface area contributed by atoms with Crippen molar-refractivity contribution in [2.24, 2.45) is 0 Å². The molecule has 29 heavy (non-hydrogen) atoms. The Hall–Kier alpha value is -2.11. The van der Waals surface area contributed by atoms with E-state index < -0.39 is 5.97 Å². The molecule has 3 aromatic carbocycles. The number of carboxylic acid groups (broad SMARTS) is 1. The summed E-state index contributed by atoms with van der Waals surface area (Å²) in [6.07, 6.45) is 0. The first-order valence-corrected chi connectivity index (χ1v) is 9.97. The zero-order valence-electron chi connectivity index (χ0n) is 14.9. The van der Waals surface area contributed by atoms with Crippen molar-refractivity contribution < 1.29 is 14.6 Å². The van der Waals surface area contributed by atoms with Crippen LogP contribution in [0.25, 0.3) is 0 Å². The fourth-order valence-corrected chi connectivity index (χ4v) is 3.54. The van der Waals surface area contributed by atoms with E-state index in [0.717, 1.165) is 5.56 Å². The third-order valence-corrected chi connectivity index (χ3v) is 5.41. The van der Waals surface area contributed by atoms with E-state index in [1.165, 1.54) is 12.1 Å². The van der Waals surface area contributed by atoms with Crippen LogP contribution in [0.1, 0.15) is 21.5 Å². The van der Waals surface area contributed by atoms with Crippen LogP contribution >= 0.6 is 46.4 Å². The number of aromatic carboxylic acids is 1. The topological polar surface area (TPSA) is 58.6 Å². The van der Waals surface area contributed by atoms with Crippen molar-refractivity contribution in [1.29, 1.82) is 0 Å². The van der Waals surface area contributed by atoms with Gasteiger partial charge in [-0.2, -0.15) is 0 Å². The SMILES string of the molecule is O=C(O)c1cc(NCc2cc(Cl)ccc2OCc2c(Cl)cccc2Cl)ccc1Cl. The lowest BCUT2D eigenvalue weighted by atomic mass is 10.1. The smallest absolute Gasteiger partial charge is 0.337 e. The number of hydrogen-bond donors (Lipinski definition) is 2. The summed E-state index contributed by atoms with van der Waals surface area (Å²) >= 11 is 24.4. The van der Waals surface area contributed by atoms with Crippen molar-refractivity contribution in [2.45, 2.75) is 13.2 Å². The second kappa shape index (κ2) is 9.59. The lowest BCUT2D eigenvalue weighted by Crippen LogP contribution is -2.05. The van der Waals surface area contributed by atoms with E-state index in [1.54, 1.807) is 42.5 Å². The number of nitrogens with one attached hydrogen (secondary N) is 1. The van der Waals surface area contributed by atoms with Crippen molar-refractivity contribution in [1.82, 2.24) is 0 Å². The summed E-state index contributed by atoms with van der Waals surface area (Å²) in [5.74, 6) is -0.493. The molecule has 0 aliphatic carbocycles. The van der Waals surface area contributed by atoms with Crippen molar-refractivity contribution >= 4 is 58.1 Å². The standard InChI is InChI=1S/C21H15Cl4NO3/c22-13-4-7-20(29-11-16-17(23)2-1-3-18(16)24)12(8-13)10-26-14-5-6-19(25)15(9-14)21(27)28/h1-9,26H,10-11H2,(H,27,28). The predicted molar refractivity (Wildman–Crippen MR) is 118 cm³/mol. The Morgan fingerprint density at radius 2 is 1.66 bits per heavy atom. The normalized spacial score (nSPS) is 10.6. The van der Waals surface area contributed by atoms with Gasteiger partial charge in [0.2, 0.25) is 0 Å². The second-order valence-corrected chi connectivity index (χ2v) is 7.75. The molecule has 0 saturated carbocycles. The molecule has 0 saturated heterocycles. The summed E-state index contributed by atoms with van der Waals surface area (Å²) in [4.78, 5) is 11.3. The molecule has 0 fully saturated rings. The van der Waals surface area contributed by atoms with Gasteiger partial charge >= 0.3 is 5.97 Å². The average molecular weight is 471 g/mol. The van der Waals surface area contributed by atoms with Gasteiger partial charge < -0.3 is 15.2 Å². The zero-order valence-corrected chi connectivity index (χ0v) is 17.9. The Bertz CT molecular complexity index is 1040. The summed E-state index contributed by atoms with van der Waals surface area (Å²) in [7, 11) is 0. The third kappa shape index (κ3) is 5.49. The molecule has 3 aromatic rings. The molecule has 0 heterocycles. The van der Waals surface area contributed by atoms with E-state index in [1.807, 2.05) is 0 Å². The zero-order chi connectivity index (χ0) is 21.0. The van der Waals surface area contributed by atoms with Crippen LogP contribution in [0, 0.1) is 0 Å². The van der Waals surface area contributed by atoms with E-state index in [4.69, 9.17) is 51.1 Å². The number of anilines is 1. The number of halogens is 4. The molecule has 0 radical (unpaired) electrons. The van der Waals surface area contributed by atoms with Crippen molar-refractivity contribution in [3.8, 4) is 5.75 Å². The highest BCUT2D eigenvalue weighted by Crippen LogP contribution is 2.29. The molecule has 0 spiro atoms. The number of hydrogen-bond acceptors (Lipinski definition) is 3. The monoisotopic (exact) mass is 469 g/mol. The Balaban J connectivity index is 1.77. The predicted octanol–water partition coefficient (Wildman–Crippen LogP) is 7.19. The van der Waals surface area contributed by atoms with Crippen LogP contribution < -0.4 is 10.1 Å². The third-order valence-electron chi connectivity index (χ3n) is 4.14. The van der Waals surface area contributed by atoms with E-state index >= 15 is 0 Å². The number of rotatable bonds is 7. The molecule has 0 unspecified atom stereocenters. The summed E-state index contributed by atoms with van der Waals surface area (Å²) in [5.41, 5.74) is 2.10. The van der Waals surface area contributed by atoms with Gasteiger partial charge in [0.05, 0.1) is 10.6 Å². The van der Waals surface area contributed by atoms with Gasteiger partial charge in [0.25, 0.3) is 0 Å². The van der Waals surface area contributed by atoms with Gasteiger partial charge in [0.15, 0.2) is 0 Å². The van der Waals surface area contributed by atoms with Crippen LogP contribution in [-0.4, -0.2) is 11.1 Å². The van der Waals surface area contributed by atoms with E-state index in [0.29, 0.717) is 38.6 Å². The summed E-state index contributed by atoms with van der Waals surface area (Å²) in [6.45, 7) is 0.546. The van der Waals surface area contributed by atoms with Gasteiger partial charge in [0, 0.05) is 38.4 Å². The van der Waals surface area contributed by atoms with Gasteiger partial charge in [-0.15, -0.1) is 0 Å². The van der Waals surface area contributed by atoms with Gasteiger partial charge in [0.1, 0.15) is 12.4 Å². The van der Waals surface area contributed by atoms with E-state index in [9.17, 15) is 9.90 Å². The van der Waals surface area contributed by atoms with Gasteiger partial charge in [-0.3, -0.25) is 0 Å². The van der Waals surface area contributed by atoms with Crippen molar-refractivity contribution in [3.63, 3.8) is 0 Å². The van der Waals surface area contributed by atoms with E-state index in [2.05, 4.69) is 5.32 Å². The molecular weight excluding hydrogens is 456 g/mol. The number of benzene rings is 3. The number of ether oxygens (including phenoxy) is 1. The van der Waals surface area contributed by atoms with Gasteiger partial charge in [-0.05, 0) is 48.5 Å². The molecule has 0 aliphatic rings. The van der Waals surface area contributed by atoms with Crippen LogP contribution in [0.3, 0.4) is 0 Å². The summed E-state index contributed by atoms with van der Waals surface area (Å²) in [5, 5.41) is 14.1. The van der Waals surface area contributed by atoms with Gasteiger partial charge in [-0.25, -0.2) is 4.79 Å². The summed E-state index contributed by atoms with van der Waals surface area (Å²) in [6, 6.07) is 15.2. The van der Waals surface area contributed by atoms with Crippen LogP contribution in [0.2, 0.25) is 20.1 Å². The first-order chi connectivity index (χ1) is 13.8. The molecule has 8 heteroatoms. The van der Waals surface area contributed by atoms with Gasteiger partial charge in [-0.1, -0.05) is 52.5 Å². The Kier molecular flexibility index (Phi) is 7.14. The number of carbonyl (C=O) groups is 1. The molecule has 0 amide bonds. The highest BCUT2D eigenvalue weighted by molar-refractivity contribution is 6.36. The molecule has 0 atom stereocenters. The second-order valence-electron chi connectivity index (χ2n) is 6.09. The maximum atomic E-state index is 11.3. The quantitative estimate of drug-likeness (QED) is 0.383. The van der Waals surface area contributed by atoms with Crippen LogP contribution in [0.5, 0.6) is 5.75 Å². The molecule has 0 bridgehead atoms. The van der Waals surface area contributed by atoms with E-state index in [-0.39, 0.29) is 17.2 Å². The fourth-order valence-electron chi connectivity index (χ4n) is 2.64. The maximum Gasteiger partial charge on any atom is 0.337 e. The molecule has 3 rings (SSSR count). The minimum Gasteiger partial charge on any atom is -0.488 e. The lowest BCUT2D eigenvalue weighted by molar-refractivity contribution is 0.0697. The summed E-state index contributed by atoms with van der Waals surface area (Å²) < 4.78 is 5.93. The molecule has 0 aromatic heterocycles. The van der Waals surface area contributed by atoms with Crippen LogP contribution in [0.15, 0.2) is 54.6 Å². The lowest BCUT2D eigenvalue weighted by Gasteiger charge is -2.15. The Morgan fingerprint density at radius 1 is 0.931 bits per heavy atom. The molecule has 2 N–H and O–H groups in total. The minimum absolute atomic E-state index is 0.0209. The largest absolute Gasteiger partial charge is 0.488 e. The van der Waals surface area contributed by atoms with Crippen molar-refractivity contribution in [2.75, 3.05) is 5.32 Å². The average Bonchev–Trinajstić information content (AvgIpc) is 2.68. The highest BCUT2D eigenvalue weighted by atomic mass is 35.5. The van der Waals surface area contributed by atoms with Crippen LogP contribution in [-0.2, 0) is 13.2 Å². The highest BCUT2D eigenvalue weighted by Gasteiger charge is 2.12. The number of carboxylic acids is 1. The molecule has 4 nitrogen and oxygen atoms in total. The van der Waals surface area contributed by atoms with Crippen LogP contribution in [0.4, 0.5) is 5.69 Å². The molecule has 0 aliphatic heterocycles. The molecule has 150 valence electrons. The van der Waals surface area contributed by atoms with Crippen molar-refractivity contribution in [3.05, 3.63) is 91.4 Å². The Labute approximate surface area is 187 Å². The first-order valence-electron chi connectivity index (χ1n) is 8.46. The fraction of sp³-hybridized carbons (Fsp3) is 0.0952. The minimum atomic E-state index is -1.10. The first kappa shape index (κ1) is 21.6. The Morgan fingerprint density at radius 3 is 2.34 bits per heavy atom.